The Bertz CT molecular complexity index is 834. The number of aromatic amines is 1. The van der Waals surface area contributed by atoms with Gasteiger partial charge in [0.1, 0.15) is 16.3 Å². The van der Waals surface area contributed by atoms with Crippen LogP contribution < -0.4 is 9.80 Å². The van der Waals surface area contributed by atoms with Gasteiger partial charge in [-0.2, -0.15) is 5.26 Å². The highest BCUT2D eigenvalue weighted by molar-refractivity contribution is 7.71. The monoisotopic (exact) mass is 338 g/mol. The minimum Gasteiger partial charge on any atom is -0.370 e. The Hall–Kier alpha value is -2.32. The lowest BCUT2D eigenvalue weighted by Crippen LogP contribution is -2.31. The zero-order valence-electron chi connectivity index (χ0n) is 14.2. The normalized spacial score (nSPS) is 15.0. The summed E-state index contributed by atoms with van der Waals surface area (Å²) in [5.74, 6) is 0. The van der Waals surface area contributed by atoms with Gasteiger partial charge in [0.05, 0.1) is 5.69 Å². The molecular formula is C19H22N4S. The van der Waals surface area contributed by atoms with E-state index in [4.69, 9.17) is 12.2 Å². The van der Waals surface area contributed by atoms with Gasteiger partial charge in [0.15, 0.2) is 0 Å². The van der Waals surface area contributed by atoms with E-state index in [9.17, 15) is 5.26 Å². The molecule has 1 aliphatic rings. The van der Waals surface area contributed by atoms with E-state index in [1.165, 1.54) is 16.8 Å². The van der Waals surface area contributed by atoms with E-state index in [0.29, 0.717) is 10.2 Å². The van der Waals surface area contributed by atoms with Crippen molar-refractivity contribution in [2.75, 3.05) is 36.0 Å². The predicted octanol–water partition coefficient (Wildman–Crippen LogP) is 3.95. The Morgan fingerprint density at radius 1 is 1.04 bits per heavy atom. The van der Waals surface area contributed by atoms with Crippen LogP contribution in [-0.2, 0) is 0 Å². The zero-order chi connectivity index (χ0) is 17.1. The molecule has 2 aromatic rings. The van der Waals surface area contributed by atoms with E-state index in [0.717, 1.165) is 38.3 Å². The molecule has 4 nitrogen and oxygen atoms in total. The molecule has 2 heterocycles. The maximum atomic E-state index is 9.41. The lowest BCUT2D eigenvalue weighted by Gasteiger charge is -2.25. The predicted molar refractivity (Wildman–Crippen MR) is 101 cm³/mol. The second-order valence-electron chi connectivity index (χ2n) is 6.28. The van der Waals surface area contributed by atoms with Crippen LogP contribution in [0.3, 0.4) is 0 Å². The summed E-state index contributed by atoms with van der Waals surface area (Å²) in [6, 6.07) is 10.9. The second-order valence-corrected chi connectivity index (χ2v) is 6.68. The summed E-state index contributed by atoms with van der Waals surface area (Å²) in [5.41, 5.74) is 5.46. The van der Waals surface area contributed by atoms with E-state index in [1.807, 2.05) is 12.3 Å². The van der Waals surface area contributed by atoms with Gasteiger partial charge < -0.3 is 14.8 Å². The summed E-state index contributed by atoms with van der Waals surface area (Å²) in [7, 11) is 0. The Balaban J connectivity index is 1.81. The SMILES string of the molecule is Cc1ccc(N2CCCN(c3cc[nH]c(=S)c3C#N)CC2)cc1C. The zero-order valence-corrected chi connectivity index (χ0v) is 15.0. The minimum atomic E-state index is 0.519. The summed E-state index contributed by atoms with van der Waals surface area (Å²) >= 11 is 5.25. The van der Waals surface area contributed by atoms with Crippen molar-refractivity contribution in [1.29, 1.82) is 5.26 Å². The molecular weight excluding hydrogens is 316 g/mol. The molecule has 0 atom stereocenters. The Kier molecular flexibility index (Phi) is 4.86. The fourth-order valence-electron chi connectivity index (χ4n) is 3.18. The molecule has 0 radical (unpaired) electrons. The maximum Gasteiger partial charge on any atom is 0.123 e. The number of hydrogen-bond acceptors (Lipinski definition) is 4. The van der Waals surface area contributed by atoms with Crippen LogP contribution in [0.1, 0.15) is 23.1 Å². The smallest absolute Gasteiger partial charge is 0.123 e. The van der Waals surface area contributed by atoms with Crippen LogP contribution >= 0.6 is 12.2 Å². The first-order chi connectivity index (χ1) is 11.6. The summed E-state index contributed by atoms with van der Waals surface area (Å²) in [5, 5.41) is 9.41. The molecule has 1 aromatic carbocycles. The van der Waals surface area contributed by atoms with Crippen molar-refractivity contribution >= 4 is 23.6 Å². The third kappa shape index (κ3) is 3.29. The van der Waals surface area contributed by atoms with Gasteiger partial charge in [-0.1, -0.05) is 18.3 Å². The number of anilines is 2. The lowest BCUT2D eigenvalue weighted by atomic mass is 10.1. The van der Waals surface area contributed by atoms with Gasteiger partial charge in [-0.15, -0.1) is 0 Å². The molecule has 0 aliphatic carbocycles. The Morgan fingerprint density at radius 3 is 2.54 bits per heavy atom. The molecule has 0 unspecified atom stereocenters. The summed E-state index contributed by atoms with van der Waals surface area (Å²) in [4.78, 5) is 7.66. The van der Waals surface area contributed by atoms with E-state index < -0.39 is 0 Å². The van der Waals surface area contributed by atoms with E-state index in [-0.39, 0.29) is 0 Å². The van der Waals surface area contributed by atoms with Crippen molar-refractivity contribution in [1.82, 2.24) is 4.98 Å². The number of aryl methyl sites for hydroxylation is 2. The summed E-state index contributed by atoms with van der Waals surface area (Å²) in [6.07, 6.45) is 2.88. The molecule has 1 fully saturated rings. The van der Waals surface area contributed by atoms with Crippen molar-refractivity contribution in [3.8, 4) is 6.07 Å². The third-order valence-corrected chi connectivity index (χ3v) is 5.06. The van der Waals surface area contributed by atoms with Crippen molar-refractivity contribution in [2.45, 2.75) is 20.3 Å². The second kappa shape index (κ2) is 7.06. The Labute approximate surface area is 148 Å². The van der Waals surface area contributed by atoms with Crippen LogP contribution in [0.25, 0.3) is 0 Å². The van der Waals surface area contributed by atoms with Gasteiger partial charge in [0, 0.05) is 38.1 Å². The van der Waals surface area contributed by atoms with Crippen LogP contribution in [0.2, 0.25) is 0 Å². The number of nitrogens with one attached hydrogen (secondary N) is 1. The van der Waals surface area contributed by atoms with E-state index in [1.54, 1.807) is 0 Å². The summed E-state index contributed by atoms with van der Waals surface area (Å²) in [6.45, 7) is 8.10. The number of aromatic nitrogens is 1. The molecule has 1 N–H and O–H groups in total. The van der Waals surface area contributed by atoms with Crippen molar-refractivity contribution in [3.63, 3.8) is 0 Å². The van der Waals surface area contributed by atoms with Crippen molar-refractivity contribution in [3.05, 3.63) is 51.8 Å². The standard InChI is InChI=1S/C19H22N4S/c1-14-4-5-16(12-15(14)2)22-8-3-9-23(11-10-22)18-6-7-21-19(24)17(18)13-20/h4-7,12H,3,8-11H2,1-2H3,(H,21,24). The fraction of sp³-hybridized carbons (Fsp3) is 0.368. The number of hydrogen-bond donors (Lipinski definition) is 1. The highest BCUT2D eigenvalue weighted by Gasteiger charge is 2.18. The van der Waals surface area contributed by atoms with Crippen LogP contribution in [0.15, 0.2) is 30.5 Å². The quantitative estimate of drug-likeness (QED) is 0.842. The topological polar surface area (TPSA) is 46.1 Å². The highest BCUT2D eigenvalue weighted by atomic mass is 32.1. The third-order valence-electron chi connectivity index (χ3n) is 4.74. The molecule has 5 heteroatoms. The van der Waals surface area contributed by atoms with Gasteiger partial charge in [-0.25, -0.2) is 0 Å². The largest absolute Gasteiger partial charge is 0.370 e. The number of H-pyrrole nitrogens is 1. The summed E-state index contributed by atoms with van der Waals surface area (Å²) < 4.78 is 0.519. The Morgan fingerprint density at radius 2 is 1.79 bits per heavy atom. The number of nitriles is 1. The van der Waals surface area contributed by atoms with Crippen LogP contribution in [-0.4, -0.2) is 31.2 Å². The maximum absolute atomic E-state index is 9.41. The minimum absolute atomic E-state index is 0.519. The average molecular weight is 338 g/mol. The number of nitrogens with zero attached hydrogens (tertiary/aromatic N) is 3. The van der Waals surface area contributed by atoms with Gasteiger partial charge >= 0.3 is 0 Å². The average Bonchev–Trinajstić information content (AvgIpc) is 2.83. The molecule has 1 aliphatic heterocycles. The number of benzene rings is 1. The van der Waals surface area contributed by atoms with Gasteiger partial charge in [-0.05, 0) is 49.6 Å². The number of pyridine rings is 1. The van der Waals surface area contributed by atoms with Crippen LogP contribution in [0.5, 0.6) is 0 Å². The molecule has 3 rings (SSSR count). The molecule has 124 valence electrons. The van der Waals surface area contributed by atoms with Gasteiger partial charge in [0.2, 0.25) is 0 Å². The molecule has 1 aromatic heterocycles. The first-order valence-corrected chi connectivity index (χ1v) is 8.70. The van der Waals surface area contributed by atoms with Crippen LogP contribution in [0, 0.1) is 29.8 Å². The van der Waals surface area contributed by atoms with Gasteiger partial charge in [0.25, 0.3) is 0 Å². The molecule has 24 heavy (non-hydrogen) atoms. The fourth-order valence-corrected chi connectivity index (χ4v) is 3.40. The lowest BCUT2D eigenvalue weighted by molar-refractivity contribution is 0.804. The molecule has 1 saturated heterocycles. The van der Waals surface area contributed by atoms with Crippen molar-refractivity contribution < 1.29 is 0 Å². The first kappa shape index (κ1) is 16.5. The van der Waals surface area contributed by atoms with E-state index >= 15 is 0 Å². The number of rotatable bonds is 2. The molecule has 0 saturated carbocycles. The first-order valence-electron chi connectivity index (χ1n) is 8.29. The van der Waals surface area contributed by atoms with Crippen molar-refractivity contribution in [2.24, 2.45) is 0 Å². The molecule has 0 amide bonds. The van der Waals surface area contributed by atoms with Gasteiger partial charge in [-0.3, -0.25) is 0 Å². The van der Waals surface area contributed by atoms with Crippen LogP contribution in [0.4, 0.5) is 11.4 Å². The van der Waals surface area contributed by atoms with E-state index in [2.05, 4.69) is 52.9 Å². The molecule has 0 spiro atoms. The highest BCUT2D eigenvalue weighted by Crippen LogP contribution is 2.24. The molecule has 0 bridgehead atoms.